The number of benzene rings is 2. The van der Waals surface area contributed by atoms with E-state index in [1.807, 2.05) is 0 Å². The maximum Gasteiger partial charge on any atom is 0.270 e. The molecule has 0 spiro atoms. The summed E-state index contributed by atoms with van der Waals surface area (Å²) in [4.78, 5) is 34.6. The number of rotatable bonds is 5. The number of nitrogens with one attached hydrogen (secondary N) is 2. The number of hydrogen-bond donors (Lipinski definition) is 2. The first-order chi connectivity index (χ1) is 11.9. The number of nitrogens with zero attached hydrogens (tertiary/aromatic N) is 1. The van der Waals surface area contributed by atoms with Crippen molar-refractivity contribution in [2.24, 2.45) is 0 Å². The Balaban J connectivity index is 2.31. The van der Waals surface area contributed by atoms with Crippen LogP contribution in [-0.2, 0) is 4.79 Å². The van der Waals surface area contributed by atoms with Crippen LogP contribution in [0.3, 0.4) is 0 Å². The van der Waals surface area contributed by atoms with Gasteiger partial charge in [0, 0.05) is 29.2 Å². The molecule has 0 aliphatic heterocycles. The number of likely N-dealkylation sites (N-methyl/N-ethyl adjacent to an activating group) is 1. The maximum atomic E-state index is 12.3. The van der Waals surface area contributed by atoms with Crippen molar-refractivity contribution in [2.45, 2.75) is 0 Å². The molecule has 7 nitrogen and oxygen atoms in total. The fourth-order valence-corrected chi connectivity index (χ4v) is 2.25. The van der Waals surface area contributed by atoms with Gasteiger partial charge >= 0.3 is 0 Å². The van der Waals surface area contributed by atoms with Gasteiger partial charge in [0.1, 0.15) is 5.70 Å². The highest BCUT2D eigenvalue weighted by Gasteiger charge is 2.14. The predicted octanol–water partition coefficient (Wildman–Crippen LogP) is 2.87. The molecule has 2 amide bonds. The maximum absolute atomic E-state index is 12.3. The second-order valence-electron chi connectivity index (χ2n) is 4.95. The van der Waals surface area contributed by atoms with Gasteiger partial charge in [-0.1, -0.05) is 28.1 Å². The van der Waals surface area contributed by atoms with Crippen LogP contribution in [0.1, 0.15) is 15.9 Å². The molecule has 0 unspecified atom stereocenters. The summed E-state index contributed by atoms with van der Waals surface area (Å²) >= 11 is 3.28. The Morgan fingerprint density at radius 2 is 1.84 bits per heavy atom. The minimum absolute atomic E-state index is 0.0177. The van der Waals surface area contributed by atoms with Crippen LogP contribution in [0.5, 0.6) is 0 Å². The van der Waals surface area contributed by atoms with Crippen LogP contribution in [0.4, 0.5) is 5.69 Å². The molecular formula is C17H14BrN3O4. The van der Waals surface area contributed by atoms with E-state index >= 15 is 0 Å². The Kier molecular flexibility index (Phi) is 6.02. The molecule has 0 aliphatic rings. The van der Waals surface area contributed by atoms with Gasteiger partial charge in [0.15, 0.2) is 0 Å². The zero-order valence-electron chi connectivity index (χ0n) is 13.2. The van der Waals surface area contributed by atoms with Gasteiger partial charge < -0.3 is 10.6 Å². The van der Waals surface area contributed by atoms with E-state index < -0.39 is 16.7 Å². The monoisotopic (exact) mass is 403 g/mol. The van der Waals surface area contributed by atoms with E-state index in [-0.39, 0.29) is 11.4 Å². The third kappa shape index (κ3) is 4.98. The van der Waals surface area contributed by atoms with Crippen molar-refractivity contribution in [3.63, 3.8) is 0 Å². The first-order valence-corrected chi connectivity index (χ1v) is 7.95. The lowest BCUT2D eigenvalue weighted by Crippen LogP contribution is -2.33. The highest BCUT2D eigenvalue weighted by atomic mass is 79.9. The smallest absolute Gasteiger partial charge is 0.270 e. The Hall–Kier alpha value is -3.00. The van der Waals surface area contributed by atoms with Gasteiger partial charge in [0.2, 0.25) is 0 Å². The van der Waals surface area contributed by atoms with E-state index in [1.54, 1.807) is 30.3 Å². The lowest BCUT2D eigenvalue weighted by molar-refractivity contribution is -0.384. The molecule has 0 aliphatic carbocycles. The molecule has 0 aromatic heterocycles. The van der Waals surface area contributed by atoms with Crippen LogP contribution < -0.4 is 10.6 Å². The van der Waals surface area contributed by atoms with Gasteiger partial charge in [-0.25, -0.2) is 0 Å². The molecule has 0 atom stereocenters. The van der Waals surface area contributed by atoms with Gasteiger partial charge in [-0.2, -0.15) is 0 Å². The van der Waals surface area contributed by atoms with E-state index in [0.29, 0.717) is 11.1 Å². The average molecular weight is 404 g/mol. The van der Waals surface area contributed by atoms with Crippen molar-refractivity contribution in [1.82, 2.24) is 10.6 Å². The lowest BCUT2D eigenvalue weighted by atomic mass is 10.1. The number of non-ortho nitro benzene ring substituents is 1. The highest BCUT2D eigenvalue weighted by Crippen LogP contribution is 2.16. The number of nitro groups is 1. The number of carbonyl (C=O) groups excluding carboxylic acids is 2. The first-order valence-electron chi connectivity index (χ1n) is 7.16. The Bertz CT molecular complexity index is 847. The molecule has 0 radical (unpaired) electrons. The molecule has 8 heteroatoms. The van der Waals surface area contributed by atoms with Gasteiger partial charge in [0.25, 0.3) is 17.5 Å². The summed E-state index contributed by atoms with van der Waals surface area (Å²) in [5.41, 5.74) is 0.668. The third-order valence-corrected chi connectivity index (χ3v) is 3.75. The van der Waals surface area contributed by atoms with E-state index in [0.717, 1.165) is 4.47 Å². The van der Waals surface area contributed by atoms with E-state index in [1.165, 1.54) is 31.3 Å². The van der Waals surface area contributed by atoms with Crippen LogP contribution >= 0.6 is 15.9 Å². The molecule has 0 saturated heterocycles. The summed E-state index contributed by atoms with van der Waals surface area (Å²) in [6.07, 6.45) is 1.38. The van der Waals surface area contributed by atoms with Crippen molar-refractivity contribution < 1.29 is 14.5 Å². The quantitative estimate of drug-likeness (QED) is 0.455. The zero-order valence-corrected chi connectivity index (χ0v) is 14.7. The number of halogens is 1. The minimum Gasteiger partial charge on any atom is -0.354 e. The Morgan fingerprint density at radius 3 is 2.44 bits per heavy atom. The van der Waals surface area contributed by atoms with Gasteiger partial charge in [-0.3, -0.25) is 19.7 Å². The van der Waals surface area contributed by atoms with Crippen LogP contribution in [0.25, 0.3) is 6.08 Å². The zero-order chi connectivity index (χ0) is 18.4. The summed E-state index contributed by atoms with van der Waals surface area (Å²) in [5, 5.41) is 15.8. The molecule has 2 N–H and O–H groups in total. The number of nitro benzene ring substituents is 1. The second-order valence-corrected chi connectivity index (χ2v) is 5.87. The molecule has 2 rings (SSSR count). The largest absolute Gasteiger partial charge is 0.354 e. The van der Waals surface area contributed by atoms with E-state index in [2.05, 4.69) is 26.6 Å². The number of hydrogen-bond acceptors (Lipinski definition) is 4. The van der Waals surface area contributed by atoms with Crippen LogP contribution in [0.15, 0.2) is 58.7 Å². The fourth-order valence-electron chi connectivity index (χ4n) is 1.98. The summed E-state index contributed by atoms with van der Waals surface area (Å²) in [7, 11) is 1.43. The minimum atomic E-state index is -0.530. The molecule has 0 saturated carbocycles. The van der Waals surface area contributed by atoms with Gasteiger partial charge in [-0.05, 0) is 35.9 Å². The van der Waals surface area contributed by atoms with Crippen molar-refractivity contribution in [2.75, 3.05) is 7.05 Å². The molecule has 128 valence electrons. The topological polar surface area (TPSA) is 101 Å². The van der Waals surface area contributed by atoms with Crippen molar-refractivity contribution in [1.29, 1.82) is 0 Å². The van der Waals surface area contributed by atoms with Crippen LogP contribution in [-0.4, -0.2) is 23.8 Å². The predicted molar refractivity (Wildman–Crippen MR) is 96.7 cm³/mol. The van der Waals surface area contributed by atoms with Gasteiger partial charge in [-0.15, -0.1) is 0 Å². The SMILES string of the molecule is CNC(=O)/C(=C\c1cccc([N+](=O)[O-])c1)NC(=O)c1ccc(Br)cc1. The van der Waals surface area contributed by atoms with Crippen LogP contribution in [0.2, 0.25) is 0 Å². The molecule has 0 heterocycles. The van der Waals surface area contributed by atoms with Crippen LogP contribution in [0, 0.1) is 10.1 Å². The molecular weight excluding hydrogens is 390 g/mol. The second kappa shape index (κ2) is 8.20. The Morgan fingerprint density at radius 1 is 1.16 bits per heavy atom. The van der Waals surface area contributed by atoms with Crippen molar-refractivity contribution in [3.8, 4) is 0 Å². The third-order valence-electron chi connectivity index (χ3n) is 3.22. The molecule has 2 aromatic rings. The number of amides is 2. The average Bonchev–Trinajstić information content (AvgIpc) is 2.61. The summed E-state index contributed by atoms with van der Waals surface area (Å²) < 4.78 is 0.822. The summed E-state index contributed by atoms with van der Waals surface area (Å²) in [6.45, 7) is 0. The molecule has 2 aromatic carbocycles. The number of carbonyl (C=O) groups is 2. The molecule has 0 fully saturated rings. The normalized spacial score (nSPS) is 10.9. The Labute approximate surface area is 152 Å². The molecule has 0 bridgehead atoms. The highest BCUT2D eigenvalue weighted by molar-refractivity contribution is 9.10. The van der Waals surface area contributed by atoms with Crippen molar-refractivity contribution in [3.05, 3.63) is 79.9 Å². The standard InChI is InChI=1S/C17H14BrN3O4/c1-19-17(23)15(10-11-3-2-4-14(9-11)21(24)25)20-16(22)12-5-7-13(18)8-6-12/h2-10H,1H3,(H,19,23)(H,20,22)/b15-10+. The van der Waals surface area contributed by atoms with Gasteiger partial charge in [0.05, 0.1) is 4.92 Å². The molecule has 25 heavy (non-hydrogen) atoms. The fraction of sp³-hybridized carbons (Fsp3) is 0.0588. The summed E-state index contributed by atoms with van der Waals surface area (Å²) in [6, 6.07) is 12.4. The summed E-state index contributed by atoms with van der Waals surface area (Å²) in [5.74, 6) is -0.982. The first kappa shape index (κ1) is 18.3. The lowest BCUT2D eigenvalue weighted by Gasteiger charge is -2.09. The van der Waals surface area contributed by atoms with E-state index in [4.69, 9.17) is 0 Å². The van der Waals surface area contributed by atoms with Crippen molar-refractivity contribution >= 4 is 39.5 Å². The van der Waals surface area contributed by atoms with E-state index in [9.17, 15) is 19.7 Å².